The molecule has 1 N–H and O–H groups in total. The van der Waals surface area contributed by atoms with E-state index in [1.54, 1.807) is 0 Å². The van der Waals surface area contributed by atoms with Crippen molar-refractivity contribution in [2.24, 2.45) is 0 Å². The van der Waals surface area contributed by atoms with E-state index in [-0.39, 0.29) is 29.3 Å². The van der Waals surface area contributed by atoms with E-state index in [0.29, 0.717) is 0 Å². The first-order valence-corrected chi connectivity index (χ1v) is 7.89. The smallest absolute Gasteiger partial charge is 0.323 e. The first kappa shape index (κ1) is 15.2. The Hall–Kier alpha value is -2.23. The fourth-order valence-corrected chi connectivity index (χ4v) is 4.07. The van der Waals surface area contributed by atoms with E-state index in [2.05, 4.69) is 4.98 Å². The van der Waals surface area contributed by atoms with Crippen molar-refractivity contribution in [1.29, 1.82) is 0 Å². The molecule has 2 rings (SSSR count). The number of anilines is 1. The second-order valence-corrected chi connectivity index (χ2v) is 6.93. The second-order valence-electron chi connectivity index (χ2n) is 4.70. The number of nitro groups is 1. The molecule has 2 heterocycles. The van der Waals surface area contributed by atoms with Crippen LogP contribution in [0.25, 0.3) is 0 Å². The monoisotopic (exact) mass is 315 g/mol. The number of rotatable bonds is 5. The predicted molar refractivity (Wildman–Crippen MR) is 72.9 cm³/mol. The molecule has 114 valence electrons. The Balaban J connectivity index is 2.42. The molecule has 1 unspecified atom stereocenters. The van der Waals surface area contributed by atoms with Gasteiger partial charge in [0, 0.05) is 12.2 Å². The highest BCUT2D eigenvalue weighted by atomic mass is 32.2. The van der Waals surface area contributed by atoms with Gasteiger partial charge < -0.3 is 10.0 Å². The van der Waals surface area contributed by atoms with Crippen LogP contribution in [0.5, 0.6) is 0 Å². The van der Waals surface area contributed by atoms with E-state index in [9.17, 15) is 23.3 Å². The van der Waals surface area contributed by atoms with Gasteiger partial charge in [-0.05, 0) is 12.5 Å². The highest BCUT2D eigenvalue weighted by Gasteiger charge is 2.35. The SMILES string of the molecule is O=C(O)CN(c1ccncc1[N+](=O)[O-])C1CCS(=O)(=O)C1. The van der Waals surface area contributed by atoms with Crippen molar-refractivity contribution in [1.82, 2.24) is 4.98 Å². The first-order valence-electron chi connectivity index (χ1n) is 6.07. The highest BCUT2D eigenvalue weighted by molar-refractivity contribution is 7.91. The minimum absolute atomic E-state index is 0.0489. The van der Waals surface area contributed by atoms with Gasteiger partial charge in [-0.15, -0.1) is 0 Å². The van der Waals surface area contributed by atoms with Gasteiger partial charge in [-0.1, -0.05) is 0 Å². The van der Waals surface area contributed by atoms with Crippen LogP contribution in [0.2, 0.25) is 0 Å². The number of sulfone groups is 1. The van der Waals surface area contributed by atoms with Crippen LogP contribution in [0.15, 0.2) is 18.5 Å². The number of pyridine rings is 1. The maximum atomic E-state index is 11.6. The molecule has 1 aromatic heterocycles. The number of hydrogen-bond acceptors (Lipinski definition) is 7. The minimum Gasteiger partial charge on any atom is -0.480 e. The van der Waals surface area contributed by atoms with Crippen LogP contribution in [-0.2, 0) is 14.6 Å². The van der Waals surface area contributed by atoms with Crippen LogP contribution in [0.4, 0.5) is 11.4 Å². The van der Waals surface area contributed by atoms with E-state index >= 15 is 0 Å². The topological polar surface area (TPSA) is 131 Å². The van der Waals surface area contributed by atoms with Crippen LogP contribution >= 0.6 is 0 Å². The first-order chi connectivity index (χ1) is 9.80. The molecule has 0 aliphatic carbocycles. The molecule has 1 aromatic rings. The third-order valence-corrected chi connectivity index (χ3v) is 4.99. The Kier molecular flexibility index (Phi) is 4.07. The molecule has 1 aliphatic rings. The van der Waals surface area contributed by atoms with Crippen LogP contribution < -0.4 is 4.90 Å². The average molecular weight is 315 g/mol. The number of aromatic nitrogens is 1. The zero-order valence-corrected chi connectivity index (χ0v) is 11.7. The van der Waals surface area contributed by atoms with Gasteiger partial charge in [0.05, 0.1) is 16.4 Å². The summed E-state index contributed by atoms with van der Waals surface area (Å²) in [6, 6.07) is 0.735. The number of nitrogens with zero attached hydrogens (tertiary/aromatic N) is 3. The summed E-state index contributed by atoms with van der Waals surface area (Å²) in [6.45, 7) is -0.509. The number of carboxylic acids is 1. The number of hydrogen-bond donors (Lipinski definition) is 1. The lowest BCUT2D eigenvalue weighted by atomic mass is 10.2. The summed E-state index contributed by atoms with van der Waals surface area (Å²) in [6.07, 6.45) is 2.57. The quantitative estimate of drug-likeness (QED) is 0.596. The second kappa shape index (κ2) is 5.64. The molecular formula is C11H13N3O6S. The Morgan fingerprint density at radius 2 is 2.29 bits per heavy atom. The normalized spacial score (nSPS) is 20.1. The summed E-state index contributed by atoms with van der Waals surface area (Å²) in [4.78, 5) is 26.3. The van der Waals surface area contributed by atoms with Gasteiger partial charge >= 0.3 is 11.7 Å². The van der Waals surface area contributed by atoms with E-state index in [4.69, 9.17) is 5.11 Å². The van der Waals surface area contributed by atoms with Crippen molar-refractivity contribution in [3.8, 4) is 0 Å². The van der Waals surface area contributed by atoms with Crippen molar-refractivity contribution < 1.29 is 23.2 Å². The van der Waals surface area contributed by atoms with Crippen LogP contribution in [0, 0.1) is 10.1 Å². The zero-order chi connectivity index (χ0) is 15.6. The van der Waals surface area contributed by atoms with E-state index in [1.807, 2.05) is 0 Å². The maximum absolute atomic E-state index is 11.6. The van der Waals surface area contributed by atoms with Crippen molar-refractivity contribution >= 4 is 27.2 Å². The van der Waals surface area contributed by atoms with Crippen molar-refractivity contribution in [2.75, 3.05) is 23.0 Å². The van der Waals surface area contributed by atoms with E-state index in [1.165, 1.54) is 17.2 Å². The molecule has 0 bridgehead atoms. The Morgan fingerprint density at radius 3 is 2.81 bits per heavy atom. The lowest BCUT2D eigenvalue weighted by Crippen LogP contribution is -2.40. The van der Waals surface area contributed by atoms with Gasteiger partial charge in [-0.2, -0.15) is 0 Å². The summed E-state index contributed by atoms with van der Waals surface area (Å²) in [5.74, 6) is -1.45. The minimum atomic E-state index is -3.24. The van der Waals surface area contributed by atoms with Crippen LogP contribution in [-0.4, -0.2) is 53.5 Å². The summed E-state index contributed by atoms with van der Waals surface area (Å²) >= 11 is 0. The summed E-state index contributed by atoms with van der Waals surface area (Å²) in [5.41, 5.74) is -0.275. The lowest BCUT2D eigenvalue weighted by molar-refractivity contribution is -0.384. The molecule has 0 aromatic carbocycles. The molecule has 21 heavy (non-hydrogen) atoms. The molecule has 1 fully saturated rings. The molecule has 1 atom stereocenters. The molecule has 1 aliphatic heterocycles. The zero-order valence-electron chi connectivity index (χ0n) is 10.9. The molecule has 1 saturated heterocycles. The molecule has 0 saturated carbocycles. The summed E-state index contributed by atoms with van der Waals surface area (Å²) in [7, 11) is -3.24. The van der Waals surface area contributed by atoms with E-state index in [0.717, 1.165) is 6.20 Å². The largest absolute Gasteiger partial charge is 0.480 e. The van der Waals surface area contributed by atoms with Crippen molar-refractivity contribution in [3.05, 3.63) is 28.6 Å². The van der Waals surface area contributed by atoms with Crippen molar-refractivity contribution in [2.45, 2.75) is 12.5 Å². The van der Waals surface area contributed by atoms with Gasteiger partial charge in [0.2, 0.25) is 0 Å². The van der Waals surface area contributed by atoms with Crippen LogP contribution in [0.3, 0.4) is 0 Å². The summed E-state index contributed by atoms with van der Waals surface area (Å²) in [5, 5.41) is 20.0. The fourth-order valence-electron chi connectivity index (χ4n) is 2.34. The molecule has 0 radical (unpaired) electrons. The maximum Gasteiger partial charge on any atom is 0.323 e. The van der Waals surface area contributed by atoms with Gasteiger partial charge in [0.15, 0.2) is 9.84 Å². The Labute approximate surface area is 120 Å². The van der Waals surface area contributed by atoms with Gasteiger partial charge in [0.1, 0.15) is 18.4 Å². The fraction of sp³-hybridized carbons (Fsp3) is 0.455. The Bertz CT molecular complexity index is 674. The number of carbonyl (C=O) groups is 1. The third-order valence-electron chi connectivity index (χ3n) is 3.24. The van der Waals surface area contributed by atoms with Gasteiger partial charge in [0.25, 0.3) is 0 Å². The summed E-state index contributed by atoms with van der Waals surface area (Å²) < 4.78 is 23.1. The number of carboxylic acid groups (broad SMARTS) is 1. The standard InChI is InChI=1S/C11H13N3O6S/c15-11(16)6-13(8-2-4-21(19,20)7-8)9-1-3-12-5-10(9)14(17)18/h1,3,5,8H,2,4,6-7H2,(H,15,16). The van der Waals surface area contributed by atoms with Crippen molar-refractivity contribution in [3.63, 3.8) is 0 Å². The Morgan fingerprint density at radius 1 is 1.57 bits per heavy atom. The van der Waals surface area contributed by atoms with Gasteiger partial charge in [-0.25, -0.2) is 8.42 Å². The lowest BCUT2D eigenvalue weighted by Gasteiger charge is -2.28. The van der Waals surface area contributed by atoms with Gasteiger partial charge in [-0.3, -0.25) is 19.9 Å². The highest BCUT2D eigenvalue weighted by Crippen LogP contribution is 2.31. The molecule has 9 nitrogen and oxygen atoms in total. The predicted octanol–water partition coefficient (Wildman–Crippen LogP) is 0.0679. The van der Waals surface area contributed by atoms with Crippen LogP contribution in [0.1, 0.15) is 6.42 Å². The molecular weight excluding hydrogens is 302 g/mol. The third kappa shape index (κ3) is 3.45. The molecule has 10 heteroatoms. The molecule has 0 spiro atoms. The molecule has 0 amide bonds. The average Bonchev–Trinajstić information content (AvgIpc) is 2.76. The number of aliphatic carboxylic acids is 1. The van der Waals surface area contributed by atoms with E-state index < -0.39 is 33.3 Å².